The molecule has 100 valence electrons. The molecule has 0 aliphatic heterocycles. The number of nitrogens with zero attached hydrogens (tertiary/aromatic N) is 1. The van der Waals surface area contributed by atoms with Crippen molar-refractivity contribution >= 4 is 23.9 Å². The molecule has 0 bridgehead atoms. The highest BCUT2D eigenvalue weighted by atomic mass is 35.5. The zero-order chi connectivity index (χ0) is 12.7. The van der Waals surface area contributed by atoms with E-state index in [-0.39, 0.29) is 12.4 Å². The molecule has 0 fully saturated rings. The molecule has 5 nitrogen and oxygen atoms in total. The Morgan fingerprint density at radius 2 is 1.31 bits per heavy atom. The van der Waals surface area contributed by atoms with Crippen molar-refractivity contribution in [3.8, 4) is 0 Å². The van der Waals surface area contributed by atoms with E-state index in [9.17, 15) is 4.79 Å². The molecule has 0 aliphatic rings. The summed E-state index contributed by atoms with van der Waals surface area (Å²) in [6.45, 7) is 7.70. The van der Waals surface area contributed by atoms with Crippen molar-refractivity contribution in [3.05, 3.63) is 0 Å². The highest BCUT2D eigenvalue weighted by molar-refractivity contribution is 5.85. The number of halogens is 1. The normalized spacial score (nSPS) is 7.12. The second-order valence-electron chi connectivity index (χ2n) is 2.62. The number of ketones is 1. The second-order valence-corrected chi connectivity index (χ2v) is 2.62. The van der Waals surface area contributed by atoms with Crippen LogP contribution in [0.1, 0.15) is 53.4 Å². The number of oxime groups is 1. The number of carbonyl (C=O) groups excluding carboxylic acids is 1. The first-order chi connectivity index (χ1) is 7.15. The minimum atomic E-state index is 0. The van der Waals surface area contributed by atoms with Crippen LogP contribution in [0, 0.1) is 0 Å². The molecule has 0 aliphatic carbocycles. The van der Waals surface area contributed by atoms with Gasteiger partial charge in [0.05, 0.1) is 5.71 Å². The van der Waals surface area contributed by atoms with Gasteiger partial charge in [0.15, 0.2) is 0 Å². The minimum absolute atomic E-state index is 0. The van der Waals surface area contributed by atoms with Gasteiger partial charge in [-0.15, -0.1) is 12.4 Å². The van der Waals surface area contributed by atoms with E-state index < -0.39 is 0 Å². The van der Waals surface area contributed by atoms with Crippen molar-refractivity contribution in [1.82, 2.24) is 0 Å². The van der Waals surface area contributed by atoms with Gasteiger partial charge in [0.2, 0.25) is 0 Å². The predicted octanol–water partition coefficient (Wildman–Crippen LogP) is 2.77. The number of rotatable bonds is 4. The third-order valence-corrected chi connectivity index (χ3v) is 1.75. The summed E-state index contributed by atoms with van der Waals surface area (Å²) in [5.74, 6) is 3.84. The summed E-state index contributed by atoms with van der Waals surface area (Å²) in [4.78, 5) is 10.2. The molecule has 0 saturated heterocycles. The minimum Gasteiger partial charge on any atom is -0.411 e. The van der Waals surface area contributed by atoms with Crippen molar-refractivity contribution in [1.29, 1.82) is 0 Å². The van der Waals surface area contributed by atoms with Gasteiger partial charge in [-0.25, -0.2) is 5.90 Å². The largest absolute Gasteiger partial charge is 0.411 e. The van der Waals surface area contributed by atoms with E-state index in [4.69, 9.17) is 10.4 Å². The van der Waals surface area contributed by atoms with Crippen molar-refractivity contribution < 1.29 is 15.2 Å². The van der Waals surface area contributed by atoms with Crippen molar-refractivity contribution in [2.45, 2.75) is 53.4 Å². The molecule has 0 spiro atoms. The number of hydrogen-bond acceptors (Lipinski definition) is 5. The standard InChI is InChI=1S/C5H11NO.C5H10O.ClH.H3NO/c1-3-5(4-2)6-7;1-3-5(6)4-2;;1-2/h7H,3-4H2,1-2H3;3-4H2,1-2H3;1H;2H,1H2. The fraction of sp³-hybridized carbons (Fsp3) is 0.800. The molecule has 0 radical (unpaired) electrons. The van der Waals surface area contributed by atoms with Gasteiger partial charge >= 0.3 is 0 Å². The lowest BCUT2D eigenvalue weighted by molar-refractivity contribution is -0.118. The molecule has 0 aromatic rings. The van der Waals surface area contributed by atoms with Gasteiger partial charge in [-0.3, -0.25) is 4.79 Å². The molecule has 0 heterocycles. The van der Waals surface area contributed by atoms with Gasteiger partial charge in [-0.1, -0.05) is 32.9 Å². The number of hydrogen-bond donors (Lipinski definition) is 3. The molecule has 0 aromatic heterocycles. The molecular weight excluding hydrogens is 232 g/mol. The number of nitrogens with two attached hydrogens (primary N) is 1. The van der Waals surface area contributed by atoms with Gasteiger partial charge < -0.3 is 10.4 Å². The van der Waals surface area contributed by atoms with E-state index in [0.29, 0.717) is 18.6 Å². The summed E-state index contributed by atoms with van der Waals surface area (Å²) in [5.41, 5.74) is 0.861. The molecule has 0 saturated carbocycles. The highest BCUT2D eigenvalue weighted by Crippen LogP contribution is 1.88. The predicted molar refractivity (Wildman–Crippen MR) is 68.6 cm³/mol. The van der Waals surface area contributed by atoms with E-state index in [1.807, 2.05) is 27.7 Å². The SMILES string of the molecule is CCC(=O)CC.CCC(CC)=NO.Cl.NO. The maximum Gasteiger partial charge on any atom is 0.132 e. The molecule has 6 heteroatoms. The molecule has 4 N–H and O–H groups in total. The topological polar surface area (TPSA) is 95.9 Å². The van der Waals surface area contributed by atoms with Crippen molar-refractivity contribution in [2.75, 3.05) is 0 Å². The first-order valence-electron chi connectivity index (χ1n) is 5.13. The third-order valence-electron chi connectivity index (χ3n) is 1.75. The van der Waals surface area contributed by atoms with Gasteiger partial charge in [-0.2, -0.15) is 0 Å². The summed E-state index contributed by atoms with van der Waals surface area (Å²) in [7, 11) is 0. The van der Waals surface area contributed by atoms with Crippen molar-refractivity contribution in [2.24, 2.45) is 11.1 Å². The quantitative estimate of drug-likeness (QED) is 0.409. The lowest BCUT2D eigenvalue weighted by Crippen LogP contribution is -1.90. The fourth-order valence-corrected chi connectivity index (χ4v) is 0.641. The Labute approximate surface area is 104 Å². The van der Waals surface area contributed by atoms with Crippen LogP contribution in [0.3, 0.4) is 0 Å². The molecule has 0 rings (SSSR count). The van der Waals surface area contributed by atoms with Gasteiger partial charge in [0, 0.05) is 12.8 Å². The van der Waals surface area contributed by atoms with Gasteiger partial charge in [0.25, 0.3) is 0 Å². The maximum absolute atomic E-state index is 10.2. The monoisotopic (exact) mass is 256 g/mol. The summed E-state index contributed by atoms with van der Waals surface area (Å²) in [6, 6.07) is 0. The molecular formula is C10H25ClN2O3. The van der Waals surface area contributed by atoms with E-state index in [1.165, 1.54) is 0 Å². The Kier molecular flexibility index (Phi) is 36.6. The van der Waals surface area contributed by atoms with Crippen LogP contribution in [0.25, 0.3) is 0 Å². The second kappa shape index (κ2) is 23.9. The van der Waals surface area contributed by atoms with Crippen LogP contribution in [-0.4, -0.2) is 21.9 Å². The average molecular weight is 257 g/mol. The Bertz CT molecular complexity index is 152. The first-order valence-corrected chi connectivity index (χ1v) is 5.13. The van der Waals surface area contributed by atoms with E-state index in [0.717, 1.165) is 18.6 Å². The van der Waals surface area contributed by atoms with Gasteiger partial charge in [-0.05, 0) is 12.8 Å². The summed E-state index contributed by atoms with van der Waals surface area (Å²) >= 11 is 0. The van der Waals surface area contributed by atoms with E-state index in [2.05, 4.69) is 11.1 Å². The van der Waals surface area contributed by atoms with E-state index in [1.54, 1.807) is 0 Å². The Hall–Kier alpha value is -0.650. The van der Waals surface area contributed by atoms with Gasteiger partial charge in [0.1, 0.15) is 5.78 Å². The Balaban J connectivity index is -0.0000000743. The van der Waals surface area contributed by atoms with Crippen LogP contribution in [0.2, 0.25) is 0 Å². The maximum atomic E-state index is 10.2. The van der Waals surface area contributed by atoms with Crippen LogP contribution >= 0.6 is 12.4 Å². The lowest BCUT2D eigenvalue weighted by atomic mass is 10.2. The smallest absolute Gasteiger partial charge is 0.132 e. The average Bonchev–Trinajstić information content (AvgIpc) is 2.33. The molecule has 16 heavy (non-hydrogen) atoms. The molecule has 0 amide bonds. The third kappa shape index (κ3) is 23.3. The molecule has 0 unspecified atom stereocenters. The van der Waals surface area contributed by atoms with Crippen LogP contribution in [0.5, 0.6) is 0 Å². The van der Waals surface area contributed by atoms with Crippen LogP contribution in [-0.2, 0) is 4.79 Å². The van der Waals surface area contributed by atoms with Crippen LogP contribution in [0.4, 0.5) is 0 Å². The number of carbonyl (C=O) groups is 1. The Morgan fingerprint density at radius 1 is 1.00 bits per heavy atom. The zero-order valence-electron chi connectivity index (χ0n) is 10.6. The van der Waals surface area contributed by atoms with E-state index >= 15 is 0 Å². The fourth-order valence-electron chi connectivity index (χ4n) is 0.641. The molecule has 0 atom stereocenters. The summed E-state index contributed by atoms with van der Waals surface area (Å²) in [6.07, 6.45) is 3.09. The Morgan fingerprint density at radius 3 is 1.31 bits per heavy atom. The molecule has 0 aromatic carbocycles. The lowest BCUT2D eigenvalue weighted by Gasteiger charge is -1.89. The van der Waals surface area contributed by atoms with Crippen LogP contribution < -0.4 is 5.90 Å². The summed E-state index contributed by atoms with van der Waals surface area (Å²) in [5, 5.41) is 17.7. The first kappa shape index (κ1) is 24.5. The van der Waals surface area contributed by atoms with Crippen LogP contribution in [0.15, 0.2) is 5.16 Å². The van der Waals surface area contributed by atoms with Crippen molar-refractivity contribution in [3.63, 3.8) is 0 Å². The zero-order valence-corrected chi connectivity index (χ0v) is 11.4. The summed E-state index contributed by atoms with van der Waals surface area (Å²) < 4.78 is 0. The highest BCUT2D eigenvalue weighted by Gasteiger charge is 1.87. The number of Topliss-reactive ketones (excluding diaryl/α,β-unsaturated/α-hetero) is 1.